The summed E-state index contributed by atoms with van der Waals surface area (Å²) < 4.78 is 29.6. The number of alkyl halides is 2. The molecular weight excluding hydrogens is 368 g/mol. The van der Waals surface area contributed by atoms with Crippen LogP contribution < -0.4 is 10.1 Å². The summed E-state index contributed by atoms with van der Waals surface area (Å²) in [6, 6.07) is 6.06. The van der Waals surface area contributed by atoms with Crippen LogP contribution in [0.4, 0.5) is 8.78 Å². The highest BCUT2D eigenvalue weighted by molar-refractivity contribution is 5.97. The van der Waals surface area contributed by atoms with Crippen LogP contribution in [0.3, 0.4) is 0 Å². The minimum Gasteiger partial charge on any atom is -0.434 e. The van der Waals surface area contributed by atoms with Crippen LogP contribution in [0.15, 0.2) is 24.3 Å². The lowest BCUT2D eigenvalue weighted by atomic mass is 10.1. The number of nitrogens with one attached hydrogen (secondary N) is 1. The van der Waals surface area contributed by atoms with E-state index in [2.05, 4.69) is 15.0 Å². The Hall–Kier alpha value is -2.22. The Balaban J connectivity index is 1.54. The zero-order chi connectivity index (χ0) is 20.1. The molecule has 1 aromatic rings. The summed E-state index contributed by atoms with van der Waals surface area (Å²) in [5.74, 6) is -0.421. The van der Waals surface area contributed by atoms with Gasteiger partial charge in [-0.3, -0.25) is 14.5 Å². The maximum absolute atomic E-state index is 12.7. The monoisotopic (exact) mass is 395 g/mol. The van der Waals surface area contributed by atoms with Gasteiger partial charge in [-0.2, -0.15) is 8.78 Å². The van der Waals surface area contributed by atoms with Gasteiger partial charge in [0.25, 0.3) is 5.91 Å². The topological polar surface area (TPSA) is 61.9 Å². The van der Waals surface area contributed by atoms with Crippen LogP contribution in [0.1, 0.15) is 43.0 Å². The summed E-state index contributed by atoms with van der Waals surface area (Å²) in [7, 11) is 0. The van der Waals surface area contributed by atoms with E-state index in [1.54, 1.807) is 17.0 Å². The first-order valence-corrected chi connectivity index (χ1v) is 9.83. The molecule has 0 aromatic heterocycles. The molecule has 1 aliphatic heterocycles. The highest BCUT2D eigenvalue weighted by atomic mass is 19.3. The van der Waals surface area contributed by atoms with E-state index in [1.807, 2.05) is 6.92 Å². The third-order valence-corrected chi connectivity index (χ3v) is 5.56. The number of ether oxygens (including phenoxy) is 1. The normalized spacial score (nSPS) is 19.6. The highest BCUT2D eigenvalue weighted by Gasteiger charge is 2.30. The van der Waals surface area contributed by atoms with Crippen LogP contribution >= 0.6 is 0 Å². The lowest BCUT2D eigenvalue weighted by Crippen LogP contribution is -2.55. The first-order chi connectivity index (χ1) is 13.5. The molecule has 1 aromatic carbocycles. The van der Waals surface area contributed by atoms with Crippen molar-refractivity contribution >= 4 is 11.8 Å². The van der Waals surface area contributed by atoms with E-state index in [4.69, 9.17) is 0 Å². The minimum absolute atomic E-state index is 0.0300. The number of benzene rings is 1. The van der Waals surface area contributed by atoms with Crippen LogP contribution in [0.2, 0.25) is 0 Å². The predicted octanol–water partition coefficient (Wildman–Crippen LogP) is 2.49. The summed E-state index contributed by atoms with van der Waals surface area (Å²) in [6.45, 7) is 0.885. The molecule has 8 heteroatoms. The molecule has 6 nitrogen and oxygen atoms in total. The third kappa shape index (κ3) is 4.98. The quantitative estimate of drug-likeness (QED) is 0.804. The van der Waals surface area contributed by atoms with Crippen molar-refractivity contribution in [3.63, 3.8) is 0 Å². The number of rotatable bonds is 6. The molecule has 154 valence electrons. The molecule has 1 saturated carbocycles. The van der Waals surface area contributed by atoms with Gasteiger partial charge >= 0.3 is 6.61 Å². The van der Waals surface area contributed by atoms with Crippen molar-refractivity contribution in [3.8, 4) is 5.75 Å². The molecule has 1 unspecified atom stereocenters. The number of para-hydroxylation sites is 1. The van der Waals surface area contributed by atoms with Gasteiger partial charge in [0.15, 0.2) is 0 Å². The third-order valence-electron chi connectivity index (χ3n) is 5.56. The van der Waals surface area contributed by atoms with Crippen LogP contribution in [-0.4, -0.2) is 66.5 Å². The van der Waals surface area contributed by atoms with E-state index >= 15 is 0 Å². The van der Waals surface area contributed by atoms with Gasteiger partial charge in [-0.1, -0.05) is 25.0 Å². The molecule has 1 heterocycles. The van der Waals surface area contributed by atoms with Crippen LogP contribution in [0, 0.1) is 0 Å². The van der Waals surface area contributed by atoms with Gasteiger partial charge in [-0.25, -0.2) is 0 Å². The molecule has 2 amide bonds. The van der Waals surface area contributed by atoms with Crippen molar-refractivity contribution in [2.45, 2.75) is 51.3 Å². The Morgan fingerprint density at radius 3 is 2.39 bits per heavy atom. The van der Waals surface area contributed by atoms with E-state index in [0.29, 0.717) is 26.2 Å². The van der Waals surface area contributed by atoms with Crippen molar-refractivity contribution in [1.82, 2.24) is 15.1 Å². The van der Waals surface area contributed by atoms with Gasteiger partial charge in [0.05, 0.1) is 11.6 Å². The number of hydrogen-bond acceptors (Lipinski definition) is 4. The van der Waals surface area contributed by atoms with Crippen LogP contribution in [0.5, 0.6) is 5.75 Å². The molecule has 0 spiro atoms. The number of piperazine rings is 1. The molecular formula is C20H27F2N3O3. The average Bonchev–Trinajstić information content (AvgIpc) is 3.20. The maximum atomic E-state index is 12.7. The number of hydrogen-bond donors (Lipinski definition) is 1. The Labute approximate surface area is 163 Å². The first kappa shape index (κ1) is 20.5. The van der Waals surface area contributed by atoms with E-state index in [0.717, 1.165) is 25.7 Å². The standard InChI is InChI=1S/C20H27F2N3O3/c1-14(18(26)23-15-6-2-3-7-15)24-10-12-25(13-11-24)19(27)16-8-4-5-9-17(16)28-20(21)22/h4-5,8-9,14-15,20H,2-3,6-7,10-13H2,1H3,(H,23,26). The molecule has 1 saturated heterocycles. The lowest BCUT2D eigenvalue weighted by molar-refractivity contribution is -0.127. The van der Waals surface area contributed by atoms with Crippen molar-refractivity contribution in [2.75, 3.05) is 26.2 Å². The van der Waals surface area contributed by atoms with Gasteiger partial charge in [-0.05, 0) is 31.9 Å². The van der Waals surface area contributed by atoms with Gasteiger partial charge in [0.1, 0.15) is 5.75 Å². The van der Waals surface area contributed by atoms with Crippen molar-refractivity contribution in [2.24, 2.45) is 0 Å². The molecule has 1 atom stereocenters. The molecule has 1 N–H and O–H groups in total. The molecule has 28 heavy (non-hydrogen) atoms. The van der Waals surface area contributed by atoms with Crippen LogP contribution in [-0.2, 0) is 4.79 Å². The van der Waals surface area contributed by atoms with Gasteiger partial charge in [0.2, 0.25) is 5.91 Å². The van der Waals surface area contributed by atoms with Crippen molar-refractivity contribution < 1.29 is 23.1 Å². The first-order valence-electron chi connectivity index (χ1n) is 9.83. The minimum atomic E-state index is -2.98. The Morgan fingerprint density at radius 2 is 1.75 bits per heavy atom. The SMILES string of the molecule is CC(C(=O)NC1CCCC1)N1CCN(C(=O)c2ccccc2OC(F)F)CC1. The molecule has 2 fully saturated rings. The Bertz CT molecular complexity index is 687. The fraction of sp³-hybridized carbons (Fsp3) is 0.600. The van der Waals surface area contributed by atoms with Crippen LogP contribution in [0.25, 0.3) is 0 Å². The zero-order valence-electron chi connectivity index (χ0n) is 16.1. The van der Waals surface area contributed by atoms with Gasteiger partial charge < -0.3 is 15.0 Å². The summed E-state index contributed by atoms with van der Waals surface area (Å²) >= 11 is 0. The van der Waals surface area contributed by atoms with Gasteiger partial charge in [-0.15, -0.1) is 0 Å². The zero-order valence-corrected chi connectivity index (χ0v) is 16.1. The second-order valence-electron chi connectivity index (χ2n) is 7.37. The Morgan fingerprint density at radius 1 is 1.11 bits per heavy atom. The second kappa shape index (κ2) is 9.32. The molecule has 0 radical (unpaired) electrons. The maximum Gasteiger partial charge on any atom is 0.387 e. The summed E-state index contributed by atoms with van der Waals surface area (Å²) in [4.78, 5) is 28.9. The largest absolute Gasteiger partial charge is 0.434 e. The number of amides is 2. The Kier molecular flexibility index (Phi) is 6.83. The molecule has 0 bridgehead atoms. The highest BCUT2D eigenvalue weighted by Crippen LogP contribution is 2.23. The number of carbonyl (C=O) groups excluding carboxylic acids is 2. The fourth-order valence-corrected chi connectivity index (χ4v) is 3.88. The van der Waals surface area contributed by atoms with E-state index < -0.39 is 6.61 Å². The smallest absolute Gasteiger partial charge is 0.387 e. The molecule has 2 aliphatic rings. The molecule has 1 aliphatic carbocycles. The fourth-order valence-electron chi connectivity index (χ4n) is 3.88. The lowest BCUT2D eigenvalue weighted by Gasteiger charge is -2.37. The number of carbonyl (C=O) groups is 2. The number of halogens is 2. The summed E-state index contributed by atoms with van der Waals surface area (Å²) in [5, 5.41) is 3.11. The number of nitrogens with zero attached hydrogens (tertiary/aromatic N) is 2. The summed E-state index contributed by atoms with van der Waals surface area (Å²) in [5.41, 5.74) is 0.128. The van der Waals surface area contributed by atoms with Crippen molar-refractivity contribution in [1.29, 1.82) is 0 Å². The second-order valence-corrected chi connectivity index (χ2v) is 7.37. The van der Waals surface area contributed by atoms with E-state index in [1.165, 1.54) is 12.1 Å². The predicted molar refractivity (Wildman–Crippen MR) is 100 cm³/mol. The molecule has 3 rings (SSSR count). The van der Waals surface area contributed by atoms with E-state index in [9.17, 15) is 18.4 Å². The van der Waals surface area contributed by atoms with E-state index in [-0.39, 0.29) is 35.2 Å². The average molecular weight is 395 g/mol. The van der Waals surface area contributed by atoms with Gasteiger partial charge in [0, 0.05) is 32.2 Å². The summed E-state index contributed by atoms with van der Waals surface area (Å²) in [6.07, 6.45) is 4.41. The van der Waals surface area contributed by atoms with Crippen molar-refractivity contribution in [3.05, 3.63) is 29.8 Å².